The summed E-state index contributed by atoms with van der Waals surface area (Å²) in [4.78, 5) is 11.0. The molecule has 11 aromatic rings. The number of rotatable bonds is 3. The first-order valence-electron chi connectivity index (χ1n) is 19.0. The van der Waals surface area contributed by atoms with Crippen molar-refractivity contribution >= 4 is 65.3 Å². The fourth-order valence-electron chi connectivity index (χ4n) is 9.75. The van der Waals surface area contributed by atoms with Crippen LogP contribution in [0.15, 0.2) is 170 Å². The minimum absolute atomic E-state index is 0.197. The third-order valence-electron chi connectivity index (χ3n) is 12.1. The van der Waals surface area contributed by atoms with Gasteiger partial charge >= 0.3 is 0 Å². The standard InChI is InChI=1S/C51H34N4/c1-51(2)41-22-9-5-16-34(41)37-20-13-21-40(48(37)51)49-38-19-6-10-23-42(38)52-50(53-49)55-45-29-26-31-14-3-4-15-33(31)47(45)39-28-27-32(30-46(39)55)54-43-24-11-7-17-35(43)36-18-8-12-25-44(36)54/h3-30H,1-2H3. The van der Waals surface area contributed by atoms with Crippen molar-refractivity contribution in [1.29, 1.82) is 0 Å². The summed E-state index contributed by atoms with van der Waals surface area (Å²) in [5, 5.41) is 8.34. The molecular formula is C51H34N4. The molecular weight excluding hydrogens is 669 g/mol. The van der Waals surface area contributed by atoms with E-state index in [1.54, 1.807) is 0 Å². The number of benzene rings is 8. The Morgan fingerprint density at radius 2 is 1.09 bits per heavy atom. The average molecular weight is 703 g/mol. The summed E-state index contributed by atoms with van der Waals surface area (Å²) in [5.41, 5.74) is 13.7. The lowest BCUT2D eigenvalue weighted by Gasteiger charge is -2.24. The van der Waals surface area contributed by atoms with Crippen LogP contribution in [0.25, 0.3) is 99.3 Å². The highest BCUT2D eigenvalue weighted by Gasteiger charge is 2.38. The molecule has 0 atom stereocenters. The van der Waals surface area contributed by atoms with E-state index in [0.717, 1.165) is 38.9 Å². The van der Waals surface area contributed by atoms with Gasteiger partial charge in [0.15, 0.2) is 0 Å². The van der Waals surface area contributed by atoms with Crippen molar-refractivity contribution in [2.75, 3.05) is 0 Å². The molecule has 0 N–H and O–H groups in total. The summed E-state index contributed by atoms with van der Waals surface area (Å²) >= 11 is 0. The Hall–Kier alpha value is -7.04. The zero-order valence-electron chi connectivity index (χ0n) is 30.5. The van der Waals surface area contributed by atoms with E-state index in [2.05, 4.69) is 193 Å². The molecule has 4 nitrogen and oxygen atoms in total. The Balaban J connectivity index is 1.19. The van der Waals surface area contributed by atoms with Crippen LogP contribution in [0.4, 0.5) is 0 Å². The lowest BCUT2D eigenvalue weighted by atomic mass is 9.79. The summed E-state index contributed by atoms with van der Waals surface area (Å²) in [5.74, 6) is 0.661. The van der Waals surface area contributed by atoms with Crippen LogP contribution in [0.3, 0.4) is 0 Å². The second kappa shape index (κ2) is 11.0. The number of aromatic nitrogens is 4. The lowest BCUT2D eigenvalue weighted by Crippen LogP contribution is -2.16. The first-order valence-corrected chi connectivity index (χ1v) is 19.0. The molecule has 3 heterocycles. The van der Waals surface area contributed by atoms with Crippen LogP contribution in [0.1, 0.15) is 25.0 Å². The number of hydrogen-bond donors (Lipinski definition) is 0. The minimum atomic E-state index is -0.197. The van der Waals surface area contributed by atoms with E-state index in [0.29, 0.717) is 5.95 Å². The number of hydrogen-bond acceptors (Lipinski definition) is 2. The Kier molecular flexibility index (Phi) is 6.09. The number of nitrogens with zero attached hydrogens (tertiary/aromatic N) is 4. The van der Waals surface area contributed by atoms with Crippen molar-refractivity contribution in [3.63, 3.8) is 0 Å². The third kappa shape index (κ3) is 4.11. The van der Waals surface area contributed by atoms with Crippen LogP contribution in [0, 0.1) is 0 Å². The van der Waals surface area contributed by atoms with E-state index in [1.165, 1.54) is 65.6 Å². The van der Waals surface area contributed by atoms with Gasteiger partial charge in [-0.1, -0.05) is 147 Å². The molecule has 0 radical (unpaired) electrons. The van der Waals surface area contributed by atoms with Gasteiger partial charge in [0.05, 0.1) is 33.3 Å². The summed E-state index contributed by atoms with van der Waals surface area (Å²) < 4.78 is 4.69. The molecule has 1 aliphatic carbocycles. The summed E-state index contributed by atoms with van der Waals surface area (Å²) in [7, 11) is 0. The van der Waals surface area contributed by atoms with Crippen molar-refractivity contribution in [2.24, 2.45) is 0 Å². The molecule has 55 heavy (non-hydrogen) atoms. The van der Waals surface area contributed by atoms with Gasteiger partial charge in [-0.25, -0.2) is 9.97 Å². The maximum absolute atomic E-state index is 5.64. The van der Waals surface area contributed by atoms with Gasteiger partial charge in [-0.2, -0.15) is 0 Å². The van der Waals surface area contributed by atoms with Gasteiger partial charge in [-0.3, -0.25) is 4.57 Å². The largest absolute Gasteiger partial charge is 0.309 e. The summed E-state index contributed by atoms with van der Waals surface area (Å²) in [6.07, 6.45) is 0. The Bertz CT molecular complexity index is 3360. The first kappa shape index (κ1) is 30.4. The van der Waals surface area contributed by atoms with Crippen LogP contribution in [-0.2, 0) is 5.41 Å². The Labute approximate surface area is 317 Å². The molecule has 4 heteroatoms. The van der Waals surface area contributed by atoms with E-state index >= 15 is 0 Å². The van der Waals surface area contributed by atoms with Gasteiger partial charge < -0.3 is 4.57 Å². The maximum atomic E-state index is 5.64. The predicted octanol–water partition coefficient (Wildman–Crippen LogP) is 13.0. The fourth-order valence-corrected chi connectivity index (χ4v) is 9.75. The van der Waals surface area contributed by atoms with E-state index in [1.807, 2.05) is 0 Å². The summed E-state index contributed by atoms with van der Waals surface area (Å²) in [6.45, 7) is 4.69. The van der Waals surface area contributed by atoms with Crippen LogP contribution >= 0.6 is 0 Å². The molecule has 8 aromatic carbocycles. The van der Waals surface area contributed by atoms with Crippen molar-refractivity contribution < 1.29 is 0 Å². The molecule has 0 unspecified atom stereocenters. The zero-order valence-corrected chi connectivity index (χ0v) is 30.5. The molecule has 0 aliphatic heterocycles. The zero-order chi connectivity index (χ0) is 36.4. The Morgan fingerprint density at radius 3 is 1.91 bits per heavy atom. The monoisotopic (exact) mass is 702 g/mol. The quantitative estimate of drug-likeness (QED) is 0.184. The minimum Gasteiger partial charge on any atom is -0.309 e. The number of para-hydroxylation sites is 3. The van der Waals surface area contributed by atoms with Gasteiger partial charge in [0.2, 0.25) is 5.95 Å². The molecule has 0 spiro atoms. The van der Waals surface area contributed by atoms with Crippen LogP contribution in [0.5, 0.6) is 0 Å². The fraction of sp³-hybridized carbons (Fsp3) is 0.0588. The van der Waals surface area contributed by atoms with Crippen molar-refractivity contribution in [2.45, 2.75) is 19.3 Å². The van der Waals surface area contributed by atoms with E-state index < -0.39 is 0 Å². The van der Waals surface area contributed by atoms with Gasteiger partial charge in [-0.15, -0.1) is 0 Å². The van der Waals surface area contributed by atoms with Gasteiger partial charge in [0.25, 0.3) is 0 Å². The van der Waals surface area contributed by atoms with Crippen molar-refractivity contribution in [1.82, 2.24) is 19.1 Å². The highest BCUT2D eigenvalue weighted by molar-refractivity contribution is 6.21. The molecule has 258 valence electrons. The van der Waals surface area contributed by atoms with Crippen LogP contribution < -0.4 is 0 Å². The average Bonchev–Trinajstić information content (AvgIpc) is 3.83. The second-order valence-electron chi connectivity index (χ2n) is 15.4. The Morgan fingerprint density at radius 1 is 0.436 bits per heavy atom. The third-order valence-corrected chi connectivity index (χ3v) is 12.1. The smallest absolute Gasteiger partial charge is 0.235 e. The molecule has 0 fully saturated rings. The van der Waals surface area contributed by atoms with Gasteiger partial charge in [-0.05, 0) is 69.4 Å². The molecule has 0 amide bonds. The molecule has 0 saturated heterocycles. The summed E-state index contributed by atoms with van der Waals surface area (Å²) in [6, 6.07) is 61.5. The molecule has 0 saturated carbocycles. The number of fused-ring (bicyclic) bond motifs is 12. The second-order valence-corrected chi connectivity index (χ2v) is 15.4. The van der Waals surface area contributed by atoms with Crippen LogP contribution in [0.2, 0.25) is 0 Å². The van der Waals surface area contributed by atoms with E-state index in [4.69, 9.17) is 9.97 Å². The maximum Gasteiger partial charge on any atom is 0.235 e. The van der Waals surface area contributed by atoms with E-state index in [9.17, 15) is 0 Å². The lowest BCUT2D eigenvalue weighted by molar-refractivity contribution is 0.662. The van der Waals surface area contributed by atoms with E-state index in [-0.39, 0.29) is 5.41 Å². The van der Waals surface area contributed by atoms with Gasteiger partial charge in [0.1, 0.15) is 0 Å². The normalized spacial score (nSPS) is 13.4. The highest BCUT2D eigenvalue weighted by atomic mass is 15.2. The molecule has 3 aromatic heterocycles. The predicted molar refractivity (Wildman–Crippen MR) is 229 cm³/mol. The highest BCUT2D eigenvalue weighted by Crippen LogP contribution is 2.52. The van der Waals surface area contributed by atoms with Gasteiger partial charge in [0, 0.05) is 43.6 Å². The molecule has 0 bridgehead atoms. The SMILES string of the molecule is CC1(C)c2ccccc2-c2cccc(-c3nc(-n4c5cc(-n6c7ccccc7c7ccccc76)ccc5c5c6ccccc6ccc54)nc4ccccc34)c21. The van der Waals surface area contributed by atoms with Crippen LogP contribution in [-0.4, -0.2) is 19.1 Å². The topological polar surface area (TPSA) is 35.6 Å². The van der Waals surface area contributed by atoms with Crippen molar-refractivity contribution in [3.8, 4) is 34.0 Å². The first-order chi connectivity index (χ1) is 27.1. The molecule has 1 aliphatic rings. The van der Waals surface area contributed by atoms with Crippen molar-refractivity contribution in [3.05, 3.63) is 181 Å². The molecule has 12 rings (SSSR count).